The number of para-hydroxylation sites is 2. The van der Waals surface area contributed by atoms with Crippen molar-refractivity contribution in [2.75, 3.05) is 4.90 Å². The number of hydrogen-bond acceptors (Lipinski definition) is 3. The first-order valence-corrected chi connectivity index (χ1v) is 20.9. The summed E-state index contributed by atoms with van der Waals surface area (Å²) < 4.78 is 9.05. The fourth-order valence-corrected chi connectivity index (χ4v) is 10.3. The fourth-order valence-electron chi connectivity index (χ4n) is 9.15. The second kappa shape index (κ2) is 13.6. The normalized spacial score (nSPS) is 11.7. The highest BCUT2D eigenvalue weighted by Gasteiger charge is 2.24. The molecule has 0 fully saturated rings. The molecule has 12 aromatic rings. The minimum Gasteiger partial charge on any atom is -0.455 e. The molecule has 2 aromatic heterocycles. The van der Waals surface area contributed by atoms with Crippen LogP contribution in [-0.2, 0) is 0 Å². The molecular weight excluding hydrogens is 735 g/mol. The zero-order valence-corrected chi connectivity index (χ0v) is 32.8. The van der Waals surface area contributed by atoms with Crippen molar-refractivity contribution in [3.8, 4) is 33.4 Å². The van der Waals surface area contributed by atoms with Gasteiger partial charge in [0.2, 0.25) is 0 Å². The third kappa shape index (κ3) is 5.47. The zero-order valence-electron chi connectivity index (χ0n) is 32.0. The molecule has 0 unspecified atom stereocenters. The Kier molecular flexibility index (Phi) is 7.75. The zero-order chi connectivity index (χ0) is 38.9. The molecule has 2 nitrogen and oxygen atoms in total. The third-order valence-electron chi connectivity index (χ3n) is 11.9. The van der Waals surface area contributed by atoms with Crippen LogP contribution in [0.15, 0.2) is 217 Å². The molecule has 0 bridgehead atoms. The van der Waals surface area contributed by atoms with E-state index in [-0.39, 0.29) is 0 Å². The standard InChI is InChI=1S/C56H35NOS/c1-2-13-36(14-3-1)37-25-29-40(30-26-37)57(41-31-27-38(28-32-41)43-21-12-22-47-46-19-8-10-23-51(46)58-56(43)47)50-33-34-53-55(48-20-9-11-24-52(48)59-53)54(50)49-35-39-15-4-5-16-42(39)44-17-6-7-18-45(44)49/h1-35H. The van der Waals surface area contributed by atoms with E-state index in [1.54, 1.807) is 0 Å². The number of nitrogens with zero attached hydrogens (tertiary/aromatic N) is 1. The predicted octanol–water partition coefficient (Wildman–Crippen LogP) is 16.7. The second-order valence-electron chi connectivity index (χ2n) is 15.2. The predicted molar refractivity (Wildman–Crippen MR) is 253 cm³/mol. The molecule has 0 radical (unpaired) electrons. The molecule has 276 valence electrons. The highest BCUT2D eigenvalue weighted by molar-refractivity contribution is 7.26. The van der Waals surface area contributed by atoms with Gasteiger partial charge in [0.25, 0.3) is 0 Å². The van der Waals surface area contributed by atoms with Gasteiger partial charge in [0.15, 0.2) is 0 Å². The Morgan fingerprint density at radius 1 is 0.373 bits per heavy atom. The summed E-state index contributed by atoms with van der Waals surface area (Å²) in [6.45, 7) is 0. The number of thiophene rings is 1. The molecule has 0 amide bonds. The lowest BCUT2D eigenvalue weighted by Gasteiger charge is -2.29. The first-order chi connectivity index (χ1) is 29.3. The molecule has 0 aliphatic heterocycles. The van der Waals surface area contributed by atoms with Crippen molar-refractivity contribution >= 4 is 92.1 Å². The van der Waals surface area contributed by atoms with Crippen LogP contribution in [0.25, 0.3) is 97.0 Å². The van der Waals surface area contributed by atoms with Gasteiger partial charge < -0.3 is 9.32 Å². The van der Waals surface area contributed by atoms with E-state index in [9.17, 15) is 0 Å². The number of furan rings is 1. The van der Waals surface area contributed by atoms with E-state index in [0.717, 1.165) is 50.1 Å². The summed E-state index contributed by atoms with van der Waals surface area (Å²) in [5.41, 5.74) is 12.1. The van der Waals surface area contributed by atoms with Crippen LogP contribution >= 0.6 is 11.3 Å². The van der Waals surface area contributed by atoms with E-state index in [1.807, 2.05) is 23.5 Å². The van der Waals surface area contributed by atoms with Crippen LogP contribution in [0.4, 0.5) is 17.1 Å². The molecule has 12 rings (SSSR count). The largest absolute Gasteiger partial charge is 0.455 e. The molecular formula is C56H35NOS. The van der Waals surface area contributed by atoms with Gasteiger partial charge in [-0.3, -0.25) is 0 Å². The van der Waals surface area contributed by atoms with Gasteiger partial charge in [-0.25, -0.2) is 0 Å². The minimum absolute atomic E-state index is 0.904. The van der Waals surface area contributed by atoms with E-state index < -0.39 is 0 Å². The van der Waals surface area contributed by atoms with E-state index >= 15 is 0 Å². The van der Waals surface area contributed by atoms with Crippen molar-refractivity contribution in [1.29, 1.82) is 0 Å². The summed E-state index contributed by atoms with van der Waals surface area (Å²) in [4.78, 5) is 2.45. The molecule has 10 aromatic carbocycles. The van der Waals surface area contributed by atoms with E-state index in [1.165, 1.54) is 64.0 Å². The van der Waals surface area contributed by atoms with Gasteiger partial charge in [-0.15, -0.1) is 11.3 Å². The summed E-state index contributed by atoms with van der Waals surface area (Å²) >= 11 is 1.87. The van der Waals surface area contributed by atoms with Crippen LogP contribution in [0.1, 0.15) is 0 Å². The maximum absolute atomic E-state index is 6.49. The van der Waals surface area contributed by atoms with E-state index in [4.69, 9.17) is 4.42 Å². The topological polar surface area (TPSA) is 16.4 Å². The van der Waals surface area contributed by atoms with Crippen LogP contribution in [0.5, 0.6) is 0 Å². The van der Waals surface area contributed by atoms with Crippen LogP contribution < -0.4 is 4.90 Å². The van der Waals surface area contributed by atoms with Gasteiger partial charge in [-0.1, -0.05) is 158 Å². The van der Waals surface area contributed by atoms with Crippen molar-refractivity contribution in [3.05, 3.63) is 212 Å². The quantitative estimate of drug-likeness (QED) is 0.157. The maximum Gasteiger partial charge on any atom is 0.143 e. The molecule has 2 heterocycles. The second-order valence-corrected chi connectivity index (χ2v) is 16.3. The van der Waals surface area contributed by atoms with Crippen molar-refractivity contribution in [1.82, 2.24) is 0 Å². The van der Waals surface area contributed by atoms with Crippen molar-refractivity contribution in [3.63, 3.8) is 0 Å². The van der Waals surface area contributed by atoms with Crippen molar-refractivity contribution < 1.29 is 4.42 Å². The molecule has 0 saturated carbocycles. The number of anilines is 3. The SMILES string of the molecule is c1ccc(-c2ccc(N(c3ccc(-c4cccc5c4oc4ccccc45)cc3)c3ccc4sc5ccccc5c4c3-c3cc4ccccc4c4ccccc34)cc2)cc1. The Balaban J connectivity index is 1.12. The van der Waals surface area contributed by atoms with Gasteiger partial charge in [0.05, 0.1) is 5.69 Å². The third-order valence-corrected chi connectivity index (χ3v) is 13.0. The number of hydrogen-bond donors (Lipinski definition) is 0. The Labute approximate surface area is 345 Å². The summed E-state index contributed by atoms with van der Waals surface area (Å²) in [5, 5.41) is 9.81. The fraction of sp³-hybridized carbons (Fsp3) is 0. The summed E-state index contributed by atoms with van der Waals surface area (Å²) in [5.74, 6) is 0. The summed E-state index contributed by atoms with van der Waals surface area (Å²) in [6, 6.07) is 77.0. The molecule has 0 aliphatic carbocycles. The lowest BCUT2D eigenvalue weighted by Crippen LogP contribution is -2.11. The van der Waals surface area contributed by atoms with Gasteiger partial charge in [-0.2, -0.15) is 0 Å². The first-order valence-electron chi connectivity index (χ1n) is 20.1. The highest BCUT2D eigenvalue weighted by Crippen LogP contribution is 2.51. The Bertz CT molecular complexity index is 3540. The van der Waals surface area contributed by atoms with Crippen molar-refractivity contribution in [2.45, 2.75) is 0 Å². The molecule has 0 saturated heterocycles. The van der Waals surface area contributed by atoms with Crippen LogP contribution in [0, 0.1) is 0 Å². The van der Waals surface area contributed by atoms with Crippen molar-refractivity contribution in [2.24, 2.45) is 0 Å². The Morgan fingerprint density at radius 2 is 0.983 bits per heavy atom. The van der Waals surface area contributed by atoms with Crippen LogP contribution in [-0.4, -0.2) is 0 Å². The molecule has 0 atom stereocenters. The van der Waals surface area contributed by atoms with E-state index in [2.05, 4.69) is 205 Å². The van der Waals surface area contributed by atoms with Crippen LogP contribution in [0.3, 0.4) is 0 Å². The summed E-state index contributed by atoms with van der Waals surface area (Å²) in [7, 11) is 0. The average Bonchev–Trinajstić information content (AvgIpc) is 3.89. The molecule has 3 heteroatoms. The Morgan fingerprint density at radius 3 is 1.78 bits per heavy atom. The van der Waals surface area contributed by atoms with Gasteiger partial charge in [0, 0.05) is 53.4 Å². The van der Waals surface area contributed by atoms with Crippen LogP contribution in [0.2, 0.25) is 0 Å². The summed E-state index contributed by atoms with van der Waals surface area (Å²) in [6.07, 6.45) is 0. The highest BCUT2D eigenvalue weighted by atomic mass is 32.1. The molecule has 59 heavy (non-hydrogen) atoms. The molecule has 0 N–H and O–H groups in total. The minimum atomic E-state index is 0.904. The number of benzene rings is 10. The number of rotatable bonds is 6. The average molecular weight is 770 g/mol. The van der Waals surface area contributed by atoms with Gasteiger partial charge >= 0.3 is 0 Å². The monoisotopic (exact) mass is 769 g/mol. The first kappa shape index (κ1) is 33.7. The lowest BCUT2D eigenvalue weighted by atomic mass is 9.89. The van der Waals surface area contributed by atoms with Gasteiger partial charge in [0.1, 0.15) is 11.2 Å². The van der Waals surface area contributed by atoms with Gasteiger partial charge in [-0.05, 0) is 98.4 Å². The molecule has 0 spiro atoms. The molecule has 0 aliphatic rings. The van der Waals surface area contributed by atoms with E-state index in [0.29, 0.717) is 0 Å². The lowest BCUT2D eigenvalue weighted by molar-refractivity contribution is 0.670. The maximum atomic E-state index is 6.49. The Hall–Kier alpha value is -7.46. The number of fused-ring (bicyclic) bond motifs is 9. The smallest absolute Gasteiger partial charge is 0.143 e.